The van der Waals surface area contributed by atoms with E-state index in [0.717, 1.165) is 29.9 Å². The molecule has 1 aliphatic carbocycles. The van der Waals surface area contributed by atoms with Crippen LogP contribution in [0.5, 0.6) is 6.01 Å². The highest BCUT2D eigenvalue weighted by molar-refractivity contribution is 5.49. The van der Waals surface area contributed by atoms with Crippen LogP contribution in [-0.4, -0.2) is 25.7 Å². The summed E-state index contributed by atoms with van der Waals surface area (Å²) in [5.74, 6) is 1.58. The van der Waals surface area contributed by atoms with E-state index < -0.39 is 0 Å². The third-order valence-electron chi connectivity index (χ3n) is 3.33. The molecule has 0 aliphatic heterocycles. The number of aromatic nitrogens is 4. The van der Waals surface area contributed by atoms with Crippen LogP contribution in [0.1, 0.15) is 63.8 Å². The number of fused-ring (bicyclic) bond motifs is 1. The van der Waals surface area contributed by atoms with Crippen LogP contribution in [0, 0.1) is 0 Å². The van der Waals surface area contributed by atoms with Gasteiger partial charge in [-0.2, -0.15) is 15.1 Å². The van der Waals surface area contributed by atoms with Crippen LogP contribution in [-0.2, 0) is 0 Å². The quantitative estimate of drug-likeness (QED) is 0.848. The predicted molar refractivity (Wildman–Crippen MR) is 72.6 cm³/mol. The van der Waals surface area contributed by atoms with Gasteiger partial charge in [0.25, 0.3) is 0 Å². The van der Waals surface area contributed by atoms with Crippen LogP contribution < -0.4 is 4.74 Å². The maximum Gasteiger partial charge on any atom is 0.320 e. The van der Waals surface area contributed by atoms with Crippen molar-refractivity contribution in [2.75, 3.05) is 0 Å². The molecule has 102 valence electrons. The summed E-state index contributed by atoms with van der Waals surface area (Å²) in [6.45, 7) is 8.52. The van der Waals surface area contributed by atoms with Crippen molar-refractivity contribution >= 4 is 5.65 Å². The van der Waals surface area contributed by atoms with Crippen molar-refractivity contribution in [3.63, 3.8) is 0 Å². The molecular weight excluding hydrogens is 240 g/mol. The van der Waals surface area contributed by atoms with Gasteiger partial charge in [0.15, 0.2) is 5.65 Å². The number of rotatable bonds is 4. The zero-order valence-corrected chi connectivity index (χ0v) is 11.9. The van der Waals surface area contributed by atoms with Gasteiger partial charge in [0.2, 0.25) is 0 Å². The molecular formula is C14H20N4O. The second kappa shape index (κ2) is 4.47. The lowest BCUT2D eigenvalue weighted by Crippen LogP contribution is -2.10. The molecule has 2 aromatic rings. The summed E-state index contributed by atoms with van der Waals surface area (Å²) < 4.78 is 7.61. The summed E-state index contributed by atoms with van der Waals surface area (Å²) in [7, 11) is 0. The lowest BCUT2D eigenvalue weighted by molar-refractivity contribution is 0.276. The summed E-state index contributed by atoms with van der Waals surface area (Å²) in [6, 6.07) is 0.501. The molecule has 0 unspecified atom stereocenters. The molecule has 1 saturated carbocycles. The molecule has 1 aliphatic rings. The first-order valence-corrected chi connectivity index (χ1v) is 6.98. The summed E-state index contributed by atoms with van der Waals surface area (Å²) >= 11 is 0. The molecule has 5 nitrogen and oxygen atoms in total. The molecule has 0 N–H and O–H groups in total. The van der Waals surface area contributed by atoms with Crippen molar-refractivity contribution in [1.82, 2.24) is 19.6 Å². The number of hydrogen-bond donors (Lipinski definition) is 0. The Morgan fingerprint density at radius 3 is 2.47 bits per heavy atom. The van der Waals surface area contributed by atoms with E-state index >= 15 is 0 Å². The lowest BCUT2D eigenvalue weighted by Gasteiger charge is -2.11. The van der Waals surface area contributed by atoms with E-state index in [1.165, 1.54) is 0 Å². The summed E-state index contributed by atoms with van der Waals surface area (Å²) in [5, 5.41) is 4.43. The van der Waals surface area contributed by atoms with Gasteiger partial charge in [-0.3, -0.25) is 0 Å². The van der Waals surface area contributed by atoms with E-state index in [4.69, 9.17) is 4.74 Å². The van der Waals surface area contributed by atoms with Gasteiger partial charge >= 0.3 is 6.01 Å². The van der Waals surface area contributed by atoms with Crippen LogP contribution in [0.15, 0.2) is 6.20 Å². The van der Waals surface area contributed by atoms with Gasteiger partial charge in [-0.15, -0.1) is 0 Å². The van der Waals surface area contributed by atoms with Crippen molar-refractivity contribution in [2.24, 2.45) is 0 Å². The maximum atomic E-state index is 5.77. The Bertz CT molecular complexity index is 599. The highest BCUT2D eigenvalue weighted by Gasteiger charge is 2.26. The average molecular weight is 260 g/mol. The Hall–Kier alpha value is -1.65. The van der Waals surface area contributed by atoms with Crippen molar-refractivity contribution < 1.29 is 4.74 Å². The van der Waals surface area contributed by atoms with Gasteiger partial charge in [0.05, 0.1) is 6.20 Å². The molecule has 19 heavy (non-hydrogen) atoms. The predicted octanol–water partition coefficient (Wildman–Crippen LogP) is 2.91. The molecule has 0 saturated heterocycles. The summed E-state index contributed by atoms with van der Waals surface area (Å²) in [6.07, 6.45) is 4.43. The molecule has 0 amide bonds. The Balaban J connectivity index is 2.14. The van der Waals surface area contributed by atoms with Gasteiger partial charge in [0.1, 0.15) is 11.9 Å². The second-order valence-corrected chi connectivity index (χ2v) is 5.83. The minimum absolute atomic E-state index is 0.284. The van der Waals surface area contributed by atoms with E-state index in [-0.39, 0.29) is 5.92 Å². The van der Waals surface area contributed by atoms with Gasteiger partial charge in [0, 0.05) is 11.5 Å². The lowest BCUT2D eigenvalue weighted by atomic mass is 10.1. The molecule has 0 atom stereocenters. The Morgan fingerprint density at radius 2 is 1.89 bits per heavy atom. The third kappa shape index (κ3) is 2.29. The first kappa shape index (κ1) is 12.4. The van der Waals surface area contributed by atoms with Gasteiger partial charge in [-0.05, 0) is 18.8 Å². The van der Waals surface area contributed by atoms with E-state index in [0.29, 0.717) is 18.0 Å². The van der Waals surface area contributed by atoms with Gasteiger partial charge < -0.3 is 4.74 Å². The van der Waals surface area contributed by atoms with Crippen molar-refractivity contribution in [2.45, 2.75) is 58.5 Å². The topological polar surface area (TPSA) is 52.3 Å². The third-order valence-corrected chi connectivity index (χ3v) is 3.33. The normalized spacial score (nSPS) is 15.7. The highest BCUT2D eigenvalue weighted by Crippen LogP contribution is 2.28. The van der Waals surface area contributed by atoms with Crippen LogP contribution in [0.4, 0.5) is 0 Å². The molecule has 5 heteroatoms. The molecule has 0 spiro atoms. The zero-order chi connectivity index (χ0) is 13.6. The molecule has 2 heterocycles. The smallest absolute Gasteiger partial charge is 0.320 e. The van der Waals surface area contributed by atoms with Gasteiger partial charge in [-0.25, -0.2) is 4.52 Å². The largest absolute Gasteiger partial charge is 0.460 e. The van der Waals surface area contributed by atoms with E-state index in [1.807, 2.05) is 10.7 Å². The summed E-state index contributed by atoms with van der Waals surface area (Å²) in [5.41, 5.74) is 2.02. The highest BCUT2D eigenvalue weighted by atomic mass is 16.5. The monoisotopic (exact) mass is 260 g/mol. The van der Waals surface area contributed by atoms with Crippen molar-refractivity contribution in [3.05, 3.63) is 17.6 Å². The Labute approximate surface area is 113 Å². The molecule has 3 rings (SSSR count). The summed E-state index contributed by atoms with van der Waals surface area (Å²) in [4.78, 5) is 9.07. The van der Waals surface area contributed by atoms with E-state index in [2.05, 4.69) is 42.8 Å². The first-order chi connectivity index (χ1) is 9.06. The number of ether oxygens (including phenoxy) is 1. The SMILES string of the molecule is CC(C)c1cnn2c(C(C)C)nc(OC3CC3)nc12. The van der Waals surface area contributed by atoms with E-state index in [9.17, 15) is 0 Å². The number of nitrogens with zero attached hydrogens (tertiary/aromatic N) is 4. The Kier molecular flexibility index (Phi) is 2.92. The average Bonchev–Trinajstić information content (AvgIpc) is 3.05. The standard InChI is InChI=1S/C14H20N4O/c1-8(2)11-7-15-18-12(9(3)4)16-14(17-13(11)18)19-10-5-6-10/h7-10H,5-6H2,1-4H3. The minimum Gasteiger partial charge on any atom is -0.460 e. The molecule has 1 fully saturated rings. The van der Waals surface area contributed by atoms with Crippen LogP contribution in [0.25, 0.3) is 5.65 Å². The Morgan fingerprint density at radius 1 is 1.16 bits per heavy atom. The van der Waals surface area contributed by atoms with E-state index in [1.54, 1.807) is 0 Å². The molecule has 0 bridgehead atoms. The maximum absolute atomic E-state index is 5.77. The van der Waals surface area contributed by atoms with Crippen LogP contribution >= 0.6 is 0 Å². The second-order valence-electron chi connectivity index (χ2n) is 5.83. The molecule has 0 radical (unpaired) electrons. The fourth-order valence-corrected chi connectivity index (χ4v) is 2.06. The van der Waals surface area contributed by atoms with Crippen LogP contribution in [0.3, 0.4) is 0 Å². The zero-order valence-electron chi connectivity index (χ0n) is 11.9. The molecule has 2 aromatic heterocycles. The first-order valence-electron chi connectivity index (χ1n) is 6.98. The van der Waals surface area contributed by atoms with Crippen molar-refractivity contribution in [1.29, 1.82) is 0 Å². The van der Waals surface area contributed by atoms with Crippen molar-refractivity contribution in [3.8, 4) is 6.01 Å². The fraction of sp³-hybridized carbons (Fsp3) is 0.643. The minimum atomic E-state index is 0.284. The molecule has 0 aromatic carbocycles. The van der Waals surface area contributed by atoms with Gasteiger partial charge in [-0.1, -0.05) is 27.7 Å². The number of hydrogen-bond acceptors (Lipinski definition) is 4. The fourth-order valence-electron chi connectivity index (χ4n) is 2.06. The van der Waals surface area contributed by atoms with Crippen LogP contribution in [0.2, 0.25) is 0 Å².